The molecule has 1 heterocycles. The zero-order valence-corrected chi connectivity index (χ0v) is 12.1. The number of nitrogens with zero attached hydrogens (tertiary/aromatic N) is 2. The third-order valence-corrected chi connectivity index (χ3v) is 3.17. The van der Waals surface area contributed by atoms with Gasteiger partial charge in [0.1, 0.15) is 0 Å². The number of carbonyl (C=O) groups excluding carboxylic acids is 1. The first-order valence-electron chi connectivity index (χ1n) is 6.24. The van der Waals surface area contributed by atoms with E-state index in [1.54, 1.807) is 13.1 Å². The van der Waals surface area contributed by atoms with Crippen molar-refractivity contribution in [2.75, 3.05) is 13.6 Å². The van der Waals surface area contributed by atoms with E-state index in [0.717, 1.165) is 5.56 Å². The number of likely N-dealkylation sites (N-methyl/N-ethyl adjacent to an activating group) is 1. The summed E-state index contributed by atoms with van der Waals surface area (Å²) < 4.78 is 0. The third-order valence-electron chi connectivity index (χ3n) is 2.93. The second kappa shape index (κ2) is 6.51. The van der Waals surface area contributed by atoms with Gasteiger partial charge in [-0.15, -0.1) is 0 Å². The summed E-state index contributed by atoms with van der Waals surface area (Å²) in [5, 5.41) is 11.2. The minimum atomic E-state index is -0.539. The predicted molar refractivity (Wildman–Crippen MR) is 79.6 cm³/mol. The quantitative estimate of drug-likeness (QED) is 0.505. The van der Waals surface area contributed by atoms with Crippen molar-refractivity contribution in [1.29, 1.82) is 0 Å². The average molecular weight is 308 g/mol. The van der Waals surface area contributed by atoms with E-state index in [2.05, 4.69) is 4.98 Å². The van der Waals surface area contributed by atoms with Crippen molar-refractivity contribution in [3.8, 4) is 0 Å². The van der Waals surface area contributed by atoms with Gasteiger partial charge in [0.05, 0.1) is 23.4 Å². The second-order valence-electron chi connectivity index (χ2n) is 4.75. The Bertz CT molecular complexity index is 669. The van der Waals surface area contributed by atoms with Crippen LogP contribution in [0.2, 0.25) is 5.02 Å². The van der Waals surface area contributed by atoms with E-state index in [1.807, 2.05) is 23.1 Å². The van der Waals surface area contributed by atoms with Crippen LogP contribution in [0.5, 0.6) is 0 Å². The van der Waals surface area contributed by atoms with E-state index in [-0.39, 0.29) is 23.7 Å². The zero-order chi connectivity index (χ0) is 15.4. The summed E-state index contributed by atoms with van der Waals surface area (Å²) in [6.07, 6.45) is 1.21. The largest absolute Gasteiger partial charge is 0.353 e. The first-order valence-corrected chi connectivity index (χ1v) is 6.62. The van der Waals surface area contributed by atoms with Crippen LogP contribution in [0.4, 0.5) is 5.69 Å². The normalized spacial score (nSPS) is 10.8. The van der Waals surface area contributed by atoms with Crippen LogP contribution in [0, 0.1) is 10.1 Å². The molecule has 1 aromatic heterocycles. The monoisotopic (exact) mass is 307 g/mol. The summed E-state index contributed by atoms with van der Waals surface area (Å²) in [7, 11) is 1.80. The molecule has 0 amide bonds. The number of rotatable bonds is 6. The van der Waals surface area contributed by atoms with E-state index in [1.165, 1.54) is 12.3 Å². The van der Waals surface area contributed by atoms with E-state index in [9.17, 15) is 14.9 Å². The summed E-state index contributed by atoms with van der Waals surface area (Å²) in [5.41, 5.74) is 1.12. The molecule has 0 aliphatic carbocycles. The lowest BCUT2D eigenvalue weighted by Gasteiger charge is -2.15. The van der Waals surface area contributed by atoms with Gasteiger partial charge in [0, 0.05) is 17.6 Å². The van der Waals surface area contributed by atoms with Gasteiger partial charge in [0.2, 0.25) is 0 Å². The molecule has 1 aromatic carbocycles. The Morgan fingerprint density at radius 1 is 1.43 bits per heavy atom. The Hall–Kier alpha value is -2.18. The fourth-order valence-electron chi connectivity index (χ4n) is 1.98. The molecule has 21 heavy (non-hydrogen) atoms. The maximum atomic E-state index is 12.0. The molecule has 0 radical (unpaired) electrons. The lowest BCUT2D eigenvalue weighted by molar-refractivity contribution is -0.384. The van der Waals surface area contributed by atoms with Crippen molar-refractivity contribution in [3.05, 3.63) is 62.9 Å². The van der Waals surface area contributed by atoms with Crippen molar-refractivity contribution >= 4 is 23.1 Å². The van der Waals surface area contributed by atoms with Gasteiger partial charge in [-0.05, 0) is 24.7 Å². The van der Waals surface area contributed by atoms with Gasteiger partial charge in [-0.25, -0.2) is 0 Å². The van der Waals surface area contributed by atoms with Crippen molar-refractivity contribution in [1.82, 2.24) is 9.88 Å². The molecule has 0 unspecified atom stereocenters. The van der Waals surface area contributed by atoms with Crippen LogP contribution in [0.15, 0.2) is 36.5 Å². The van der Waals surface area contributed by atoms with E-state index in [0.29, 0.717) is 11.6 Å². The van der Waals surface area contributed by atoms with Gasteiger partial charge in [-0.3, -0.25) is 19.8 Å². The van der Waals surface area contributed by atoms with Gasteiger partial charge in [-0.2, -0.15) is 0 Å². The number of ketones is 1. The fraction of sp³-hybridized carbons (Fsp3) is 0.214. The number of H-pyrrole nitrogens is 1. The molecule has 0 saturated carbocycles. The number of aromatic amines is 1. The van der Waals surface area contributed by atoms with Crippen molar-refractivity contribution < 1.29 is 9.72 Å². The standard InChI is InChI=1S/C14H14ClN3O3/c1-17(8-10-3-2-4-11(15)5-10)9-14(19)13-6-12(7-16-13)18(20)21/h2-7,16H,8-9H2,1H3. The first kappa shape index (κ1) is 15.2. The summed E-state index contributed by atoms with van der Waals surface area (Å²) in [5.74, 6) is -0.201. The lowest BCUT2D eigenvalue weighted by atomic mass is 10.2. The van der Waals surface area contributed by atoms with Crippen LogP contribution in [0.1, 0.15) is 16.1 Å². The molecular formula is C14H14ClN3O3. The molecule has 0 aliphatic rings. The Kier molecular flexibility index (Phi) is 4.72. The highest BCUT2D eigenvalue weighted by molar-refractivity contribution is 6.30. The Morgan fingerprint density at radius 2 is 2.19 bits per heavy atom. The Balaban J connectivity index is 1.96. The van der Waals surface area contributed by atoms with Crippen molar-refractivity contribution in [2.45, 2.75) is 6.54 Å². The van der Waals surface area contributed by atoms with Crippen molar-refractivity contribution in [2.24, 2.45) is 0 Å². The van der Waals surface area contributed by atoms with Crippen LogP contribution in [0.3, 0.4) is 0 Å². The smallest absolute Gasteiger partial charge is 0.287 e. The maximum Gasteiger partial charge on any atom is 0.287 e. The summed E-state index contributed by atoms with van der Waals surface area (Å²) in [4.78, 5) is 26.5. The van der Waals surface area contributed by atoms with E-state index in [4.69, 9.17) is 11.6 Å². The second-order valence-corrected chi connectivity index (χ2v) is 5.19. The number of benzene rings is 1. The van der Waals surface area contributed by atoms with Crippen LogP contribution in [0.25, 0.3) is 0 Å². The van der Waals surface area contributed by atoms with Gasteiger partial charge < -0.3 is 4.98 Å². The number of hydrogen-bond acceptors (Lipinski definition) is 4. The molecule has 0 aliphatic heterocycles. The zero-order valence-electron chi connectivity index (χ0n) is 11.4. The summed E-state index contributed by atoms with van der Waals surface area (Å²) in [6.45, 7) is 0.722. The lowest BCUT2D eigenvalue weighted by Crippen LogP contribution is -2.25. The van der Waals surface area contributed by atoms with Crippen molar-refractivity contribution in [3.63, 3.8) is 0 Å². The number of aromatic nitrogens is 1. The van der Waals surface area contributed by atoms with E-state index >= 15 is 0 Å². The number of carbonyl (C=O) groups is 1. The molecule has 0 atom stereocenters. The molecule has 0 bridgehead atoms. The number of nitro groups is 1. The molecule has 110 valence electrons. The molecule has 0 fully saturated rings. The Labute approximate surface area is 126 Å². The average Bonchev–Trinajstić information content (AvgIpc) is 2.88. The van der Waals surface area contributed by atoms with Gasteiger partial charge in [0.25, 0.3) is 5.69 Å². The summed E-state index contributed by atoms with van der Waals surface area (Å²) >= 11 is 5.91. The molecule has 6 nitrogen and oxygen atoms in total. The third kappa shape index (κ3) is 4.14. The molecule has 0 spiro atoms. The highest BCUT2D eigenvalue weighted by Gasteiger charge is 2.16. The fourth-order valence-corrected chi connectivity index (χ4v) is 2.20. The van der Waals surface area contributed by atoms with Crippen LogP contribution < -0.4 is 0 Å². The molecular weight excluding hydrogens is 294 g/mol. The number of halogens is 1. The SMILES string of the molecule is CN(CC(=O)c1cc([N+](=O)[O-])c[nH]1)Cc1cccc(Cl)c1. The molecule has 0 saturated heterocycles. The van der Waals surface area contributed by atoms with Gasteiger partial charge >= 0.3 is 0 Å². The predicted octanol–water partition coefficient (Wildman–Crippen LogP) is 2.89. The molecule has 1 N–H and O–H groups in total. The topological polar surface area (TPSA) is 79.2 Å². The van der Waals surface area contributed by atoms with Gasteiger partial charge in [0.15, 0.2) is 5.78 Å². The number of Topliss-reactive ketones (excluding diaryl/α,β-unsaturated/α-hetero) is 1. The van der Waals surface area contributed by atoms with Gasteiger partial charge in [-0.1, -0.05) is 23.7 Å². The molecule has 2 aromatic rings. The number of hydrogen-bond donors (Lipinski definition) is 1. The highest BCUT2D eigenvalue weighted by Crippen LogP contribution is 2.14. The first-order chi connectivity index (χ1) is 9.95. The van der Waals surface area contributed by atoms with Crippen LogP contribution in [-0.2, 0) is 6.54 Å². The highest BCUT2D eigenvalue weighted by atomic mass is 35.5. The minimum Gasteiger partial charge on any atom is -0.353 e. The molecule has 7 heteroatoms. The Morgan fingerprint density at radius 3 is 2.81 bits per heavy atom. The van der Waals surface area contributed by atoms with Crippen LogP contribution >= 0.6 is 11.6 Å². The molecule has 2 rings (SSSR count). The van der Waals surface area contributed by atoms with Crippen LogP contribution in [-0.4, -0.2) is 34.2 Å². The minimum absolute atomic E-state index is 0.115. The maximum absolute atomic E-state index is 12.0. The summed E-state index contributed by atoms with van der Waals surface area (Å²) in [6, 6.07) is 8.64. The van der Waals surface area contributed by atoms with E-state index < -0.39 is 4.92 Å². The number of nitrogens with one attached hydrogen (secondary N) is 1.